The van der Waals surface area contributed by atoms with Crippen molar-refractivity contribution in [1.29, 1.82) is 0 Å². The predicted molar refractivity (Wildman–Crippen MR) is 61.6 cm³/mol. The van der Waals surface area contributed by atoms with Crippen LogP contribution in [-0.4, -0.2) is 26.3 Å². The number of aromatic nitrogens is 4. The fourth-order valence-electron chi connectivity index (χ4n) is 1.75. The van der Waals surface area contributed by atoms with Crippen LogP contribution in [0.5, 0.6) is 0 Å². The molecule has 3 aromatic rings. The SMILES string of the molecule is O=Cc1cc(-c2ccccc2)cn2nnnc12. The zero-order valence-electron chi connectivity index (χ0n) is 8.82. The third kappa shape index (κ3) is 1.57. The van der Waals surface area contributed by atoms with Gasteiger partial charge in [0.05, 0.1) is 5.56 Å². The molecular formula is C12H8N4O. The largest absolute Gasteiger partial charge is 0.298 e. The zero-order valence-corrected chi connectivity index (χ0v) is 8.82. The van der Waals surface area contributed by atoms with Gasteiger partial charge in [0.25, 0.3) is 0 Å². The van der Waals surface area contributed by atoms with Crippen LogP contribution in [0.2, 0.25) is 0 Å². The number of pyridine rings is 1. The molecule has 1 aromatic carbocycles. The first-order valence-electron chi connectivity index (χ1n) is 5.11. The van der Waals surface area contributed by atoms with Crippen molar-refractivity contribution in [3.8, 4) is 11.1 Å². The van der Waals surface area contributed by atoms with E-state index in [0.29, 0.717) is 11.2 Å². The molecule has 0 atom stereocenters. The Kier molecular flexibility index (Phi) is 2.15. The second-order valence-electron chi connectivity index (χ2n) is 3.62. The minimum absolute atomic E-state index is 0.472. The summed E-state index contributed by atoms with van der Waals surface area (Å²) in [6.07, 6.45) is 2.57. The lowest BCUT2D eigenvalue weighted by atomic mass is 10.1. The molecule has 0 amide bonds. The van der Waals surface area contributed by atoms with Crippen LogP contribution >= 0.6 is 0 Å². The van der Waals surface area contributed by atoms with Crippen molar-refractivity contribution in [3.63, 3.8) is 0 Å². The van der Waals surface area contributed by atoms with Crippen LogP contribution in [0.15, 0.2) is 42.6 Å². The van der Waals surface area contributed by atoms with Crippen LogP contribution in [0.4, 0.5) is 0 Å². The molecule has 0 aliphatic heterocycles. The lowest BCUT2D eigenvalue weighted by Gasteiger charge is -2.02. The molecule has 0 bridgehead atoms. The number of rotatable bonds is 2. The number of carbonyl (C=O) groups is 1. The third-order valence-electron chi connectivity index (χ3n) is 2.56. The highest BCUT2D eigenvalue weighted by molar-refractivity contribution is 5.86. The molecule has 2 heterocycles. The molecule has 0 fully saturated rings. The van der Waals surface area contributed by atoms with Gasteiger partial charge in [0.15, 0.2) is 11.9 Å². The van der Waals surface area contributed by atoms with Crippen LogP contribution in [-0.2, 0) is 0 Å². The molecule has 3 rings (SSSR count). The molecule has 2 aromatic heterocycles. The van der Waals surface area contributed by atoms with Gasteiger partial charge < -0.3 is 0 Å². The van der Waals surface area contributed by atoms with Crippen molar-refractivity contribution in [1.82, 2.24) is 20.0 Å². The van der Waals surface area contributed by atoms with Crippen LogP contribution in [0.25, 0.3) is 16.8 Å². The minimum atomic E-state index is 0.472. The smallest absolute Gasteiger partial charge is 0.189 e. The van der Waals surface area contributed by atoms with Crippen molar-refractivity contribution in [2.75, 3.05) is 0 Å². The molecule has 17 heavy (non-hydrogen) atoms. The number of hydrogen-bond acceptors (Lipinski definition) is 4. The standard InChI is InChI=1S/C12H8N4O/c17-8-11-6-10(9-4-2-1-3-5-9)7-16-12(11)13-14-15-16/h1-8H. The summed E-state index contributed by atoms with van der Waals surface area (Å²) in [6.45, 7) is 0. The Labute approximate surface area is 96.7 Å². The second-order valence-corrected chi connectivity index (χ2v) is 3.62. The number of carbonyl (C=O) groups excluding carboxylic acids is 1. The molecule has 5 nitrogen and oxygen atoms in total. The van der Waals surface area contributed by atoms with E-state index >= 15 is 0 Å². The van der Waals surface area contributed by atoms with Gasteiger partial charge in [0, 0.05) is 11.8 Å². The van der Waals surface area contributed by atoms with Gasteiger partial charge in [0.2, 0.25) is 0 Å². The van der Waals surface area contributed by atoms with Gasteiger partial charge in [-0.3, -0.25) is 4.79 Å². The predicted octanol–water partition coefficient (Wildman–Crippen LogP) is 1.60. The number of benzene rings is 1. The average molecular weight is 224 g/mol. The second kappa shape index (κ2) is 3.79. The normalized spacial score (nSPS) is 10.6. The molecule has 0 saturated heterocycles. The first-order chi connectivity index (χ1) is 8.38. The molecule has 0 spiro atoms. The zero-order chi connectivity index (χ0) is 11.7. The fourth-order valence-corrected chi connectivity index (χ4v) is 1.75. The summed E-state index contributed by atoms with van der Waals surface area (Å²) in [4.78, 5) is 11.0. The molecule has 82 valence electrons. The minimum Gasteiger partial charge on any atom is -0.298 e. The highest BCUT2D eigenvalue weighted by atomic mass is 16.1. The molecule has 0 saturated carbocycles. The fraction of sp³-hybridized carbons (Fsp3) is 0. The van der Waals surface area contributed by atoms with Crippen molar-refractivity contribution in [2.45, 2.75) is 0 Å². The summed E-state index contributed by atoms with van der Waals surface area (Å²) in [5, 5.41) is 11.2. The molecule has 0 radical (unpaired) electrons. The summed E-state index contributed by atoms with van der Waals surface area (Å²) in [5.74, 6) is 0. The maximum atomic E-state index is 11.0. The maximum Gasteiger partial charge on any atom is 0.189 e. The van der Waals surface area contributed by atoms with E-state index in [1.54, 1.807) is 12.3 Å². The Morgan fingerprint density at radius 2 is 1.94 bits per heavy atom. The van der Waals surface area contributed by atoms with E-state index in [1.807, 2.05) is 30.3 Å². The third-order valence-corrected chi connectivity index (χ3v) is 2.56. The van der Waals surface area contributed by atoms with Gasteiger partial charge in [-0.1, -0.05) is 30.3 Å². The van der Waals surface area contributed by atoms with E-state index in [9.17, 15) is 4.79 Å². The van der Waals surface area contributed by atoms with Gasteiger partial charge in [-0.05, 0) is 22.1 Å². The first-order valence-corrected chi connectivity index (χ1v) is 5.11. The molecule has 5 heteroatoms. The van der Waals surface area contributed by atoms with Crippen molar-refractivity contribution in [3.05, 3.63) is 48.2 Å². The quantitative estimate of drug-likeness (QED) is 0.620. The van der Waals surface area contributed by atoms with Crippen LogP contribution in [0, 0.1) is 0 Å². The van der Waals surface area contributed by atoms with Crippen LogP contribution in [0.1, 0.15) is 10.4 Å². The average Bonchev–Trinajstić information content (AvgIpc) is 2.86. The van der Waals surface area contributed by atoms with E-state index in [-0.39, 0.29) is 0 Å². The molecule has 0 unspecified atom stereocenters. The highest BCUT2D eigenvalue weighted by Crippen LogP contribution is 2.20. The van der Waals surface area contributed by atoms with Crippen LogP contribution < -0.4 is 0 Å². The number of tetrazole rings is 1. The van der Waals surface area contributed by atoms with Gasteiger partial charge in [-0.25, -0.2) is 0 Å². The van der Waals surface area contributed by atoms with Gasteiger partial charge in [0.1, 0.15) is 0 Å². The molecular weight excluding hydrogens is 216 g/mol. The Balaban J connectivity index is 2.28. The Morgan fingerprint density at radius 1 is 1.12 bits per heavy atom. The summed E-state index contributed by atoms with van der Waals surface area (Å²) in [7, 11) is 0. The summed E-state index contributed by atoms with van der Waals surface area (Å²) in [6, 6.07) is 11.6. The van der Waals surface area contributed by atoms with E-state index < -0.39 is 0 Å². The van der Waals surface area contributed by atoms with E-state index in [2.05, 4.69) is 15.5 Å². The number of aldehydes is 1. The van der Waals surface area contributed by atoms with Gasteiger partial charge in [-0.15, -0.1) is 5.10 Å². The topological polar surface area (TPSA) is 60.2 Å². The maximum absolute atomic E-state index is 11.0. The van der Waals surface area contributed by atoms with E-state index in [4.69, 9.17) is 0 Å². The Hall–Kier alpha value is -2.56. The summed E-state index contributed by atoms with van der Waals surface area (Å²) < 4.78 is 1.51. The molecule has 0 N–H and O–H groups in total. The molecule has 0 aliphatic rings. The van der Waals surface area contributed by atoms with Crippen molar-refractivity contribution in [2.24, 2.45) is 0 Å². The van der Waals surface area contributed by atoms with Gasteiger partial charge in [-0.2, -0.15) is 4.52 Å². The Morgan fingerprint density at radius 3 is 2.71 bits per heavy atom. The lowest BCUT2D eigenvalue weighted by molar-refractivity contribution is 0.112. The Bertz CT molecular complexity index is 675. The number of fused-ring (bicyclic) bond motifs is 1. The van der Waals surface area contributed by atoms with E-state index in [1.165, 1.54) is 4.52 Å². The number of hydrogen-bond donors (Lipinski definition) is 0. The number of nitrogens with zero attached hydrogens (tertiary/aromatic N) is 4. The lowest BCUT2D eigenvalue weighted by Crippen LogP contribution is -1.94. The first kappa shape index (κ1) is 9.65. The van der Waals surface area contributed by atoms with Gasteiger partial charge >= 0.3 is 0 Å². The summed E-state index contributed by atoms with van der Waals surface area (Å²) >= 11 is 0. The van der Waals surface area contributed by atoms with E-state index in [0.717, 1.165) is 17.4 Å². The van der Waals surface area contributed by atoms with Crippen molar-refractivity contribution < 1.29 is 4.79 Å². The highest BCUT2D eigenvalue weighted by Gasteiger charge is 2.07. The molecule has 0 aliphatic carbocycles. The van der Waals surface area contributed by atoms with Crippen molar-refractivity contribution >= 4 is 11.9 Å². The monoisotopic (exact) mass is 224 g/mol. The summed E-state index contributed by atoms with van der Waals surface area (Å²) in [5.41, 5.74) is 2.89. The van der Waals surface area contributed by atoms with Crippen LogP contribution in [0.3, 0.4) is 0 Å².